The predicted octanol–water partition coefficient (Wildman–Crippen LogP) is 9.73. The monoisotopic (exact) mass is 797 g/mol. The smallest absolute Gasteiger partial charge is 0.319 e. The molecule has 1 spiro atoms. The van der Waals surface area contributed by atoms with Crippen molar-refractivity contribution < 1.29 is 27.0 Å². The highest BCUT2D eigenvalue weighted by atomic mass is 28.3. The summed E-state index contributed by atoms with van der Waals surface area (Å²) in [6, 6.07) is 8.03. The molecule has 0 radical (unpaired) electrons. The van der Waals surface area contributed by atoms with Crippen LogP contribution in [0.1, 0.15) is 72.8 Å². The van der Waals surface area contributed by atoms with Gasteiger partial charge in [0.05, 0.1) is 42.1 Å². The highest BCUT2D eigenvalue weighted by Crippen LogP contribution is 2.66. The van der Waals surface area contributed by atoms with E-state index in [2.05, 4.69) is 57.9 Å². The molecule has 57 heavy (non-hydrogen) atoms. The van der Waals surface area contributed by atoms with Crippen molar-refractivity contribution in [3.63, 3.8) is 0 Å². The molecule has 5 fully saturated rings. The molecule has 4 aromatic rings. The number of anilines is 1. The number of pyridine rings is 1. The zero-order chi connectivity index (χ0) is 40.0. The maximum Gasteiger partial charge on any atom is 0.319 e. The molecule has 0 N–H and O–H groups in total. The molecule has 9 rings (SSSR count). The Morgan fingerprint density at radius 2 is 1.79 bits per heavy atom. The van der Waals surface area contributed by atoms with Crippen LogP contribution in [0.25, 0.3) is 32.9 Å². The van der Waals surface area contributed by atoms with E-state index >= 15 is 13.2 Å². The molecule has 3 aliphatic heterocycles. The first-order valence-electron chi connectivity index (χ1n) is 20.6. The van der Waals surface area contributed by atoms with Gasteiger partial charge >= 0.3 is 6.01 Å². The number of benzene rings is 2. The third-order valence-corrected chi connectivity index (χ3v) is 20.7. The molecule has 12 heteroatoms. The minimum absolute atomic E-state index is 0.00434. The molecule has 0 bridgehead atoms. The van der Waals surface area contributed by atoms with E-state index in [1.54, 1.807) is 18.2 Å². The Hall–Kier alpha value is -4.05. The number of fused-ring (bicyclic) bond motifs is 5. The molecule has 7 nitrogen and oxygen atoms in total. The van der Waals surface area contributed by atoms with Gasteiger partial charge in [-0.15, -0.1) is 5.54 Å². The summed E-state index contributed by atoms with van der Waals surface area (Å²) in [4.78, 5) is 18.4. The highest BCUT2D eigenvalue weighted by Gasteiger charge is 2.68. The summed E-state index contributed by atoms with van der Waals surface area (Å²) >= 11 is 0. The summed E-state index contributed by atoms with van der Waals surface area (Å²) in [6.45, 7) is 15.9. The SMILES string of the molecule is CC(C)[Si](C#Cc1c(F)ccc2cccc(-c3ncc4c(N5CCOC[C@H]6[C@H](F)[C@H]65)nc(OC[C@]56C/C(=C\F)CN5CCC65CC5)nc4c3F)c12)(C(C)C)C(C)C. The van der Waals surface area contributed by atoms with Gasteiger partial charge in [0.2, 0.25) is 0 Å². The van der Waals surface area contributed by atoms with Gasteiger partial charge in [-0.1, -0.05) is 71.7 Å². The number of hydrogen-bond donors (Lipinski definition) is 0. The highest BCUT2D eigenvalue weighted by molar-refractivity contribution is 6.90. The first-order chi connectivity index (χ1) is 27.4. The number of alkyl halides is 1. The zero-order valence-electron chi connectivity index (χ0n) is 33.6. The summed E-state index contributed by atoms with van der Waals surface area (Å²) in [5.74, 6) is 2.14. The third kappa shape index (κ3) is 5.92. The largest absolute Gasteiger partial charge is 0.461 e. The molecule has 2 aliphatic carbocycles. The van der Waals surface area contributed by atoms with Crippen LogP contribution in [-0.4, -0.2) is 85.1 Å². The van der Waals surface area contributed by atoms with E-state index in [0.717, 1.165) is 37.7 Å². The summed E-state index contributed by atoms with van der Waals surface area (Å²) in [7, 11) is -2.26. The summed E-state index contributed by atoms with van der Waals surface area (Å²) in [5.41, 5.74) is 5.64. The average molecular weight is 798 g/mol. The molecule has 300 valence electrons. The van der Waals surface area contributed by atoms with Gasteiger partial charge in [0, 0.05) is 36.2 Å². The zero-order valence-corrected chi connectivity index (χ0v) is 34.6. The Kier molecular flexibility index (Phi) is 9.48. The van der Waals surface area contributed by atoms with E-state index in [4.69, 9.17) is 24.4 Å². The van der Waals surface area contributed by atoms with Crippen molar-refractivity contribution in [3.8, 4) is 28.7 Å². The predicted molar refractivity (Wildman–Crippen MR) is 218 cm³/mol. The Balaban J connectivity index is 1.19. The minimum Gasteiger partial charge on any atom is -0.461 e. The molecule has 2 aromatic carbocycles. The Labute approximate surface area is 333 Å². The molecular formula is C45H51F4N5O2Si. The van der Waals surface area contributed by atoms with E-state index in [-0.39, 0.29) is 40.7 Å². The standard InChI is InChI=1S/C45H51F4N5O2Si/c1-26(2)57(27(3)4,28(5)6)19-12-31-35(47)11-10-30-8-7-9-32(36(30)31)39-38(49)40-33(22-50-39)42(54-17-18-55-24-34-37(48)41(34)54)52-43(51-40)56-25-45-20-29(21-46)23-53(45)16-15-44(45)13-14-44/h7-11,21-22,26-28,34,37,41H,13-18,20,23-25H2,1-6H3/b29-21+/t34-,37-,41-,45-/m0/s1. The van der Waals surface area contributed by atoms with Crippen LogP contribution in [0.15, 0.2) is 48.4 Å². The molecule has 4 atom stereocenters. The van der Waals surface area contributed by atoms with Crippen molar-refractivity contribution in [3.05, 3.63) is 65.6 Å². The first-order valence-corrected chi connectivity index (χ1v) is 22.8. The quantitative estimate of drug-likeness (QED) is 0.100. The number of nitrogens with zero attached hydrogens (tertiary/aromatic N) is 5. The maximum atomic E-state index is 17.5. The van der Waals surface area contributed by atoms with Gasteiger partial charge in [-0.2, -0.15) is 9.97 Å². The van der Waals surface area contributed by atoms with Crippen LogP contribution in [0.5, 0.6) is 6.01 Å². The van der Waals surface area contributed by atoms with Gasteiger partial charge in [-0.25, -0.2) is 17.6 Å². The second kappa shape index (κ2) is 14.1. The molecule has 5 aliphatic rings. The number of halogens is 4. The van der Waals surface area contributed by atoms with E-state index in [0.29, 0.717) is 76.9 Å². The fraction of sp³-hybridized carbons (Fsp3) is 0.533. The average Bonchev–Trinajstić information content (AvgIpc) is 4.06. The molecule has 0 unspecified atom stereocenters. The lowest BCUT2D eigenvalue weighted by atomic mass is 9.80. The molecule has 5 heterocycles. The normalized spacial score (nSPS) is 26.1. The molecule has 2 aromatic heterocycles. The van der Waals surface area contributed by atoms with Gasteiger partial charge in [0.15, 0.2) is 5.82 Å². The Bertz CT molecular complexity index is 2330. The van der Waals surface area contributed by atoms with Crippen LogP contribution < -0.4 is 9.64 Å². The van der Waals surface area contributed by atoms with Gasteiger partial charge in [-0.05, 0) is 71.3 Å². The van der Waals surface area contributed by atoms with Crippen LogP contribution in [-0.2, 0) is 4.74 Å². The lowest BCUT2D eigenvalue weighted by Crippen LogP contribution is -2.49. The number of rotatable bonds is 8. The van der Waals surface area contributed by atoms with E-state index in [1.165, 1.54) is 12.3 Å². The van der Waals surface area contributed by atoms with Gasteiger partial charge in [0.1, 0.15) is 43.7 Å². The molecule has 0 amide bonds. The van der Waals surface area contributed by atoms with E-state index in [9.17, 15) is 4.39 Å². The topological polar surface area (TPSA) is 63.6 Å². The van der Waals surface area contributed by atoms with Crippen molar-refractivity contribution in [2.24, 2.45) is 11.3 Å². The number of aromatic nitrogens is 3. The van der Waals surface area contributed by atoms with E-state index in [1.807, 2.05) is 11.0 Å². The fourth-order valence-electron chi connectivity index (χ4n) is 11.2. The van der Waals surface area contributed by atoms with Crippen LogP contribution in [0.3, 0.4) is 0 Å². The lowest BCUT2D eigenvalue weighted by molar-refractivity contribution is 0.0649. The van der Waals surface area contributed by atoms with Gasteiger partial charge in [-0.3, -0.25) is 9.88 Å². The first kappa shape index (κ1) is 38.5. The molecule has 3 saturated heterocycles. The van der Waals surface area contributed by atoms with Crippen molar-refractivity contribution >= 4 is 35.6 Å². The Morgan fingerprint density at radius 1 is 1.02 bits per heavy atom. The Morgan fingerprint density at radius 3 is 2.51 bits per heavy atom. The van der Waals surface area contributed by atoms with Crippen LogP contribution in [0.2, 0.25) is 16.6 Å². The lowest BCUT2D eigenvalue weighted by Gasteiger charge is -2.38. The van der Waals surface area contributed by atoms with Gasteiger partial charge < -0.3 is 14.4 Å². The summed E-state index contributed by atoms with van der Waals surface area (Å²) in [6.07, 6.45) is 4.80. The van der Waals surface area contributed by atoms with Crippen LogP contribution >= 0.6 is 0 Å². The van der Waals surface area contributed by atoms with E-state index < -0.39 is 37.5 Å². The second-order valence-corrected chi connectivity index (χ2v) is 23.6. The maximum absolute atomic E-state index is 17.5. The van der Waals surface area contributed by atoms with Crippen LogP contribution in [0, 0.1) is 34.4 Å². The molecule has 2 saturated carbocycles. The fourth-order valence-corrected chi connectivity index (χ4v) is 16.4. The summed E-state index contributed by atoms with van der Waals surface area (Å²) < 4.78 is 75.0. The van der Waals surface area contributed by atoms with Gasteiger partial charge in [0.25, 0.3) is 0 Å². The minimum atomic E-state index is -2.26. The van der Waals surface area contributed by atoms with Crippen molar-refractivity contribution in [1.29, 1.82) is 0 Å². The summed E-state index contributed by atoms with van der Waals surface area (Å²) in [5, 5.41) is 1.52. The van der Waals surface area contributed by atoms with Crippen molar-refractivity contribution in [1.82, 2.24) is 19.9 Å². The van der Waals surface area contributed by atoms with Crippen molar-refractivity contribution in [2.45, 2.75) is 102 Å². The molecular weight excluding hydrogens is 747 g/mol. The third-order valence-electron chi connectivity index (χ3n) is 14.4. The van der Waals surface area contributed by atoms with Crippen LogP contribution in [0.4, 0.5) is 23.4 Å². The van der Waals surface area contributed by atoms with Crippen molar-refractivity contribution in [2.75, 3.05) is 44.4 Å². The number of ether oxygens (including phenoxy) is 2. The second-order valence-electron chi connectivity index (χ2n) is 18.1. The number of hydrogen-bond acceptors (Lipinski definition) is 7.